The summed E-state index contributed by atoms with van der Waals surface area (Å²) >= 11 is 0. The van der Waals surface area contributed by atoms with Gasteiger partial charge in [0.1, 0.15) is 5.75 Å². The van der Waals surface area contributed by atoms with E-state index >= 15 is 0 Å². The lowest BCUT2D eigenvalue weighted by molar-refractivity contribution is -0.140. The highest BCUT2D eigenvalue weighted by Crippen LogP contribution is 2.31. The van der Waals surface area contributed by atoms with Crippen molar-refractivity contribution in [2.24, 2.45) is 0 Å². The lowest BCUT2D eigenvalue weighted by Crippen LogP contribution is -2.55. The summed E-state index contributed by atoms with van der Waals surface area (Å²) in [7, 11) is 0. The van der Waals surface area contributed by atoms with Crippen LogP contribution in [0.5, 0.6) is 5.75 Å². The van der Waals surface area contributed by atoms with Gasteiger partial charge >= 0.3 is 12.1 Å². The van der Waals surface area contributed by atoms with Crippen LogP contribution >= 0.6 is 0 Å². The molecule has 2 N–H and O–H groups in total. The number of carboxylic acid groups (broad SMARTS) is 1. The van der Waals surface area contributed by atoms with E-state index in [1.165, 1.54) is 12.1 Å². The van der Waals surface area contributed by atoms with E-state index in [0.717, 1.165) is 12.1 Å². The molecular weight excluding hydrogens is 353 g/mol. The number of amides is 1. The van der Waals surface area contributed by atoms with Crippen LogP contribution < -0.4 is 10.1 Å². The fourth-order valence-electron chi connectivity index (χ4n) is 2.86. The highest BCUT2D eigenvalue weighted by Gasteiger charge is 2.34. The fraction of sp³-hybridized carbons (Fsp3) is 0.529. The van der Waals surface area contributed by atoms with Gasteiger partial charge in [-0.25, -0.2) is 0 Å². The van der Waals surface area contributed by atoms with Crippen molar-refractivity contribution < 1.29 is 32.6 Å². The van der Waals surface area contributed by atoms with Gasteiger partial charge in [-0.15, -0.1) is 0 Å². The number of benzene rings is 1. The van der Waals surface area contributed by atoms with E-state index in [9.17, 15) is 22.8 Å². The maximum atomic E-state index is 12.6. The van der Waals surface area contributed by atoms with Gasteiger partial charge in [-0.3, -0.25) is 14.5 Å². The maximum absolute atomic E-state index is 12.6. The van der Waals surface area contributed by atoms with Crippen molar-refractivity contribution in [3.63, 3.8) is 0 Å². The van der Waals surface area contributed by atoms with Crippen molar-refractivity contribution in [2.45, 2.75) is 38.0 Å². The van der Waals surface area contributed by atoms with Crippen molar-refractivity contribution in [1.82, 2.24) is 10.2 Å². The Kier molecular flexibility index (Phi) is 6.47. The van der Waals surface area contributed by atoms with Crippen molar-refractivity contribution in [2.75, 3.05) is 19.7 Å². The minimum Gasteiger partial charge on any atom is -0.484 e. The van der Waals surface area contributed by atoms with Crippen LogP contribution in [-0.2, 0) is 15.8 Å². The molecular formula is C17H21F3N2O4. The molecule has 1 aliphatic carbocycles. The van der Waals surface area contributed by atoms with Gasteiger partial charge in [0.2, 0.25) is 0 Å². The molecule has 1 aromatic carbocycles. The molecule has 144 valence electrons. The average Bonchev–Trinajstić information content (AvgIpc) is 2.53. The van der Waals surface area contributed by atoms with E-state index in [2.05, 4.69) is 5.32 Å². The first-order valence-corrected chi connectivity index (χ1v) is 8.24. The van der Waals surface area contributed by atoms with E-state index in [-0.39, 0.29) is 31.0 Å². The Morgan fingerprint density at radius 3 is 2.62 bits per heavy atom. The zero-order chi connectivity index (χ0) is 19.3. The number of halogens is 3. The van der Waals surface area contributed by atoms with Crippen LogP contribution in [0.25, 0.3) is 0 Å². The first-order chi connectivity index (χ1) is 12.2. The van der Waals surface area contributed by atoms with Crippen LogP contribution in [0.4, 0.5) is 13.2 Å². The van der Waals surface area contributed by atoms with Gasteiger partial charge in [0, 0.05) is 12.1 Å². The van der Waals surface area contributed by atoms with Gasteiger partial charge in [0.05, 0.1) is 12.1 Å². The van der Waals surface area contributed by atoms with E-state index in [1.807, 2.05) is 11.8 Å². The van der Waals surface area contributed by atoms with E-state index in [4.69, 9.17) is 9.84 Å². The second-order valence-corrected chi connectivity index (χ2v) is 6.16. The first-order valence-electron chi connectivity index (χ1n) is 8.24. The highest BCUT2D eigenvalue weighted by atomic mass is 19.4. The predicted molar refractivity (Wildman–Crippen MR) is 86.8 cm³/mol. The number of hydrogen-bond acceptors (Lipinski definition) is 4. The molecule has 0 heterocycles. The molecule has 0 unspecified atom stereocenters. The van der Waals surface area contributed by atoms with Crippen molar-refractivity contribution in [3.05, 3.63) is 29.8 Å². The van der Waals surface area contributed by atoms with Crippen molar-refractivity contribution in [3.8, 4) is 5.75 Å². The molecule has 0 aromatic heterocycles. The van der Waals surface area contributed by atoms with Gasteiger partial charge in [0.25, 0.3) is 5.91 Å². The Morgan fingerprint density at radius 2 is 2.04 bits per heavy atom. The maximum Gasteiger partial charge on any atom is 0.416 e. The van der Waals surface area contributed by atoms with Crippen LogP contribution in [0, 0.1) is 0 Å². The summed E-state index contributed by atoms with van der Waals surface area (Å²) in [4.78, 5) is 24.5. The number of hydrogen-bond donors (Lipinski definition) is 2. The molecule has 0 atom stereocenters. The summed E-state index contributed by atoms with van der Waals surface area (Å²) < 4.78 is 43.0. The van der Waals surface area contributed by atoms with Crippen LogP contribution in [0.3, 0.4) is 0 Å². The summed E-state index contributed by atoms with van der Waals surface area (Å²) in [6.07, 6.45) is -3.20. The van der Waals surface area contributed by atoms with E-state index in [0.29, 0.717) is 19.4 Å². The number of ether oxygens (including phenoxy) is 1. The summed E-state index contributed by atoms with van der Waals surface area (Å²) in [5.41, 5.74) is -0.838. The van der Waals surface area contributed by atoms with Gasteiger partial charge in [-0.1, -0.05) is 13.0 Å². The third-order valence-electron chi connectivity index (χ3n) is 4.27. The smallest absolute Gasteiger partial charge is 0.416 e. The molecule has 1 amide bonds. The molecule has 1 aromatic rings. The number of nitrogens with one attached hydrogen (secondary N) is 1. The molecule has 0 spiro atoms. The summed E-state index contributed by atoms with van der Waals surface area (Å²) in [5.74, 6) is -1.35. The molecule has 0 aliphatic heterocycles. The topological polar surface area (TPSA) is 78.9 Å². The Bertz CT molecular complexity index is 645. The Balaban J connectivity index is 1.75. The molecule has 1 fully saturated rings. The van der Waals surface area contributed by atoms with Crippen LogP contribution in [0.15, 0.2) is 24.3 Å². The monoisotopic (exact) mass is 374 g/mol. The standard InChI is InChI=1S/C17H21F3N2O4/c1-2-22(9-16(24)25)13-7-12(8-13)21-15(23)10-26-14-5-3-4-11(6-14)17(18,19)20/h3-6,12-13H,2,7-10H2,1H3,(H,21,23)(H,24,25). The summed E-state index contributed by atoms with van der Waals surface area (Å²) in [6.45, 7) is 2.06. The number of carbonyl (C=O) groups is 2. The molecule has 6 nitrogen and oxygen atoms in total. The fourth-order valence-corrected chi connectivity index (χ4v) is 2.86. The molecule has 26 heavy (non-hydrogen) atoms. The molecule has 2 rings (SSSR count). The molecule has 0 radical (unpaired) electrons. The van der Waals surface area contributed by atoms with Gasteiger partial charge in [0.15, 0.2) is 6.61 Å². The average molecular weight is 374 g/mol. The second kappa shape index (κ2) is 8.39. The number of rotatable bonds is 8. The Labute approximate surface area is 148 Å². The molecule has 0 bridgehead atoms. The number of likely N-dealkylation sites (N-methyl/N-ethyl adjacent to an activating group) is 1. The number of nitrogens with zero attached hydrogens (tertiary/aromatic N) is 1. The quantitative estimate of drug-likeness (QED) is 0.729. The number of alkyl halides is 3. The second-order valence-electron chi connectivity index (χ2n) is 6.16. The van der Waals surface area contributed by atoms with E-state index < -0.39 is 23.6 Å². The van der Waals surface area contributed by atoms with Crippen molar-refractivity contribution >= 4 is 11.9 Å². The third kappa shape index (κ3) is 5.62. The van der Waals surface area contributed by atoms with Crippen LogP contribution in [-0.4, -0.2) is 53.7 Å². The summed E-state index contributed by atoms with van der Waals surface area (Å²) in [6, 6.07) is 4.36. The minimum atomic E-state index is -4.47. The largest absolute Gasteiger partial charge is 0.484 e. The van der Waals surface area contributed by atoms with Gasteiger partial charge < -0.3 is 15.2 Å². The Hall–Kier alpha value is -2.29. The predicted octanol–water partition coefficient (Wildman–Crippen LogP) is 2.14. The number of aliphatic carboxylic acids is 1. The molecule has 1 aliphatic rings. The highest BCUT2D eigenvalue weighted by molar-refractivity contribution is 5.78. The third-order valence-corrected chi connectivity index (χ3v) is 4.27. The molecule has 9 heteroatoms. The number of carboxylic acids is 1. The lowest BCUT2D eigenvalue weighted by atomic mass is 9.85. The zero-order valence-corrected chi connectivity index (χ0v) is 14.3. The number of carbonyl (C=O) groups excluding carboxylic acids is 1. The van der Waals surface area contributed by atoms with E-state index in [1.54, 1.807) is 0 Å². The minimum absolute atomic E-state index is 0.0277. The van der Waals surface area contributed by atoms with Crippen LogP contribution in [0.1, 0.15) is 25.3 Å². The summed E-state index contributed by atoms with van der Waals surface area (Å²) in [5, 5.41) is 11.6. The first kappa shape index (κ1) is 20.0. The van der Waals surface area contributed by atoms with Gasteiger partial charge in [-0.2, -0.15) is 13.2 Å². The molecule has 1 saturated carbocycles. The molecule has 0 saturated heterocycles. The SMILES string of the molecule is CCN(CC(=O)O)C1CC(NC(=O)COc2cccc(C(F)(F)F)c2)C1. The zero-order valence-electron chi connectivity index (χ0n) is 14.3. The van der Waals surface area contributed by atoms with Crippen molar-refractivity contribution in [1.29, 1.82) is 0 Å². The Morgan fingerprint density at radius 1 is 1.35 bits per heavy atom. The van der Waals surface area contributed by atoms with Gasteiger partial charge in [-0.05, 0) is 37.6 Å². The lowest BCUT2D eigenvalue weighted by Gasteiger charge is -2.42. The van der Waals surface area contributed by atoms with Crippen LogP contribution in [0.2, 0.25) is 0 Å². The normalized spacial score (nSPS) is 19.7.